The van der Waals surface area contributed by atoms with Gasteiger partial charge in [0.1, 0.15) is 0 Å². The van der Waals surface area contributed by atoms with Gasteiger partial charge in [0.25, 0.3) is 0 Å². The van der Waals surface area contributed by atoms with Gasteiger partial charge in [-0.15, -0.1) is 0 Å². The minimum Gasteiger partial charge on any atom is -0.478 e. The summed E-state index contributed by atoms with van der Waals surface area (Å²) in [4.78, 5) is 36.3. The quantitative estimate of drug-likeness (QED) is 0.638. The number of aromatic carboxylic acids is 1. The number of carbonyl (C=O) groups is 3. The number of nitrogens with zero attached hydrogens (tertiary/aromatic N) is 1. The molecule has 5 nitrogen and oxygen atoms in total. The topological polar surface area (TPSA) is 74.7 Å². The average Bonchev–Trinajstić information content (AvgIpc) is 2.51. The van der Waals surface area contributed by atoms with E-state index in [-0.39, 0.29) is 35.9 Å². The maximum Gasteiger partial charge on any atom is 0.337 e. The number of anilines is 1. The number of amides is 2. The number of halogens is 1. The third kappa shape index (κ3) is 2.94. The molecule has 0 unspecified atom stereocenters. The van der Waals surface area contributed by atoms with Crippen LogP contribution in [0.5, 0.6) is 0 Å². The van der Waals surface area contributed by atoms with Crippen molar-refractivity contribution in [1.29, 1.82) is 0 Å². The zero-order valence-electron chi connectivity index (χ0n) is 10.1. The van der Waals surface area contributed by atoms with Gasteiger partial charge in [0.05, 0.1) is 11.3 Å². The summed E-state index contributed by atoms with van der Waals surface area (Å²) in [6.07, 6.45) is 1.87. The summed E-state index contributed by atoms with van der Waals surface area (Å²) in [7, 11) is 0. The van der Waals surface area contributed by atoms with Crippen LogP contribution in [-0.4, -0.2) is 22.9 Å². The minimum atomic E-state index is -1.14. The van der Waals surface area contributed by atoms with Crippen LogP contribution in [0.3, 0.4) is 0 Å². The molecule has 100 valence electrons. The highest BCUT2D eigenvalue weighted by Gasteiger charge is 2.28. The molecule has 0 aromatic heterocycles. The van der Waals surface area contributed by atoms with E-state index in [0.29, 0.717) is 12.8 Å². The fourth-order valence-electron chi connectivity index (χ4n) is 2.06. The van der Waals surface area contributed by atoms with E-state index in [1.54, 1.807) is 6.07 Å². The van der Waals surface area contributed by atoms with Crippen molar-refractivity contribution in [2.24, 2.45) is 0 Å². The van der Waals surface area contributed by atoms with Crippen LogP contribution in [0.15, 0.2) is 18.2 Å². The molecule has 1 N–H and O–H groups in total. The van der Waals surface area contributed by atoms with Gasteiger partial charge in [0.2, 0.25) is 11.8 Å². The number of rotatable bonds is 2. The van der Waals surface area contributed by atoms with Crippen molar-refractivity contribution in [3.63, 3.8) is 0 Å². The Kier molecular flexibility index (Phi) is 4.18. The summed E-state index contributed by atoms with van der Waals surface area (Å²) >= 11 is 1.99. The molecule has 1 saturated heterocycles. The van der Waals surface area contributed by atoms with E-state index in [4.69, 9.17) is 0 Å². The lowest BCUT2D eigenvalue weighted by Crippen LogP contribution is -2.36. The summed E-state index contributed by atoms with van der Waals surface area (Å²) in [5.74, 6) is -1.80. The highest BCUT2D eigenvalue weighted by atomic mass is 127. The third-order valence-corrected chi connectivity index (χ3v) is 3.63. The van der Waals surface area contributed by atoms with Crippen LogP contribution >= 0.6 is 22.6 Å². The van der Waals surface area contributed by atoms with E-state index in [0.717, 1.165) is 8.47 Å². The first kappa shape index (κ1) is 14.0. The number of carboxylic acid groups (broad SMARTS) is 1. The monoisotopic (exact) mass is 373 g/mol. The summed E-state index contributed by atoms with van der Waals surface area (Å²) in [5.41, 5.74) is 0.153. The van der Waals surface area contributed by atoms with Gasteiger partial charge in [-0.25, -0.2) is 9.69 Å². The Bertz CT molecular complexity index is 538. The zero-order valence-corrected chi connectivity index (χ0v) is 12.2. The Morgan fingerprint density at radius 3 is 2.26 bits per heavy atom. The predicted octanol–water partition coefficient (Wildman–Crippen LogP) is 2.42. The standard InChI is InChI=1S/C13H12INO4/c14-8-5-6-10(9(7-8)13(18)19)15-11(16)3-1-2-4-12(15)17/h5-7H,1-4H2,(H,18,19). The molecule has 19 heavy (non-hydrogen) atoms. The maximum absolute atomic E-state index is 12.0. The largest absolute Gasteiger partial charge is 0.478 e. The fourth-order valence-corrected chi connectivity index (χ4v) is 2.55. The first-order valence-electron chi connectivity index (χ1n) is 5.89. The SMILES string of the molecule is O=C(O)c1cc(I)ccc1N1C(=O)CCCCC1=O. The Balaban J connectivity index is 2.52. The normalized spacial score (nSPS) is 16.4. The highest BCUT2D eigenvalue weighted by molar-refractivity contribution is 14.1. The van der Waals surface area contributed by atoms with Gasteiger partial charge in [0, 0.05) is 16.4 Å². The zero-order chi connectivity index (χ0) is 14.0. The van der Waals surface area contributed by atoms with Gasteiger partial charge in [-0.05, 0) is 53.6 Å². The second-order valence-corrected chi connectivity index (χ2v) is 5.54. The van der Waals surface area contributed by atoms with Crippen LogP contribution in [-0.2, 0) is 9.59 Å². The maximum atomic E-state index is 12.0. The minimum absolute atomic E-state index is 0.0181. The summed E-state index contributed by atoms with van der Waals surface area (Å²) in [6.45, 7) is 0. The van der Waals surface area contributed by atoms with Crippen molar-refractivity contribution in [3.05, 3.63) is 27.3 Å². The lowest BCUT2D eigenvalue weighted by Gasteiger charge is -2.20. The van der Waals surface area contributed by atoms with E-state index in [2.05, 4.69) is 0 Å². The third-order valence-electron chi connectivity index (χ3n) is 2.96. The van der Waals surface area contributed by atoms with Crippen LogP contribution in [0.25, 0.3) is 0 Å². The molecule has 0 saturated carbocycles. The van der Waals surface area contributed by atoms with E-state index in [1.807, 2.05) is 22.6 Å². The Morgan fingerprint density at radius 1 is 1.16 bits per heavy atom. The summed E-state index contributed by atoms with van der Waals surface area (Å²) in [5, 5.41) is 9.21. The Hall–Kier alpha value is -1.44. The second-order valence-electron chi connectivity index (χ2n) is 4.30. The van der Waals surface area contributed by atoms with Crippen LogP contribution in [0.2, 0.25) is 0 Å². The van der Waals surface area contributed by atoms with Crippen LogP contribution in [0.4, 0.5) is 5.69 Å². The Labute approximate surface area is 123 Å². The molecule has 0 radical (unpaired) electrons. The first-order valence-corrected chi connectivity index (χ1v) is 6.97. The summed E-state index contributed by atoms with van der Waals surface area (Å²) in [6, 6.07) is 4.67. The van der Waals surface area contributed by atoms with Crippen LogP contribution in [0, 0.1) is 3.57 Å². The van der Waals surface area contributed by atoms with Gasteiger partial charge in [-0.2, -0.15) is 0 Å². The molecule has 1 aromatic rings. The van der Waals surface area contributed by atoms with Crippen molar-refractivity contribution in [1.82, 2.24) is 0 Å². The number of carbonyl (C=O) groups excluding carboxylic acids is 2. The number of hydrogen-bond acceptors (Lipinski definition) is 3. The van der Waals surface area contributed by atoms with E-state index >= 15 is 0 Å². The van der Waals surface area contributed by atoms with Crippen LogP contribution in [0.1, 0.15) is 36.0 Å². The average molecular weight is 373 g/mol. The van der Waals surface area contributed by atoms with Crippen molar-refractivity contribution in [2.45, 2.75) is 25.7 Å². The Morgan fingerprint density at radius 2 is 1.74 bits per heavy atom. The lowest BCUT2D eigenvalue weighted by atomic mass is 10.1. The van der Waals surface area contributed by atoms with E-state index < -0.39 is 5.97 Å². The molecule has 1 heterocycles. The van der Waals surface area contributed by atoms with Gasteiger partial charge in [-0.1, -0.05) is 0 Å². The smallest absolute Gasteiger partial charge is 0.337 e. The molecule has 6 heteroatoms. The van der Waals surface area contributed by atoms with Gasteiger partial charge < -0.3 is 5.11 Å². The molecule has 1 aliphatic heterocycles. The molecule has 1 aromatic carbocycles. The van der Waals surface area contributed by atoms with Crippen LogP contribution < -0.4 is 4.90 Å². The van der Waals surface area contributed by atoms with E-state index in [9.17, 15) is 19.5 Å². The highest BCUT2D eigenvalue weighted by Crippen LogP contribution is 2.27. The molecule has 0 atom stereocenters. The second kappa shape index (κ2) is 5.68. The van der Waals surface area contributed by atoms with Gasteiger partial charge in [-0.3, -0.25) is 9.59 Å². The first-order chi connectivity index (χ1) is 9.00. The molecular weight excluding hydrogens is 361 g/mol. The summed E-state index contributed by atoms with van der Waals surface area (Å²) < 4.78 is 0.744. The number of carboxylic acids is 1. The van der Waals surface area contributed by atoms with E-state index in [1.165, 1.54) is 12.1 Å². The molecule has 1 fully saturated rings. The molecule has 0 bridgehead atoms. The molecule has 0 spiro atoms. The van der Waals surface area contributed by atoms with Gasteiger partial charge >= 0.3 is 5.97 Å². The number of imide groups is 1. The molecular formula is C13H12INO4. The fraction of sp³-hybridized carbons (Fsp3) is 0.308. The molecule has 1 aliphatic rings. The molecule has 2 rings (SSSR count). The van der Waals surface area contributed by atoms with Crippen molar-refractivity contribution in [2.75, 3.05) is 4.90 Å². The van der Waals surface area contributed by atoms with Crippen molar-refractivity contribution < 1.29 is 19.5 Å². The lowest BCUT2D eigenvalue weighted by molar-refractivity contribution is -0.125. The van der Waals surface area contributed by atoms with Crippen molar-refractivity contribution in [3.8, 4) is 0 Å². The van der Waals surface area contributed by atoms with Crippen molar-refractivity contribution >= 4 is 46.1 Å². The molecule has 2 amide bonds. The molecule has 0 aliphatic carbocycles. The number of benzene rings is 1. The predicted molar refractivity (Wildman–Crippen MR) is 77.1 cm³/mol. The number of hydrogen-bond donors (Lipinski definition) is 1. The van der Waals surface area contributed by atoms with Gasteiger partial charge in [0.15, 0.2) is 0 Å².